The number of nitrogens with zero attached hydrogens (tertiary/aromatic N) is 4. The van der Waals surface area contributed by atoms with Crippen LogP contribution in [0.2, 0.25) is 0 Å². The van der Waals surface area contributed by atoms with Crippen molar-refractivity contribution in [3.63, 3.8) is 0 Å². The number of aryl methyl sites for hydroxylation is 2. The maximum Gasteiger partial charge on any atom is 0.135 e. The molecule has 21 heavy (non-hydrogen) atoms. The Labute approximate surface area is 127 Å². The predicted molar refractivity (Wildman–Crippen MR) is 83.7 cm³/mol. The number of rotatable bonds is 3. The van der Waals surface area contributed by atoms with Crippen LogP contribution >= 0.6 is 0 Å². The van der Waals surface area contributed by atoms with Crippen molar-refractivity contribution in [2.45, 2.75) is 45.6 Å². The summed E-state index contributed by atoms with van der Waals surface area (Å²) in [5.41, 5.74) is 2.66. The Kier molecular flexibility index (Phi) is 4.40. The van der Waals surface area contributed by atoms with E-state index in [1.54, 1.807) is 0 Å². The summed E-state index contributed by atoms with van der Waals surface area (Å²) in [6.45, 7) is 8.63. The lowest BCUT2D eigenvalue weighted by Crippen LogP contribution is -2.49. The van der Waals surface area contributed by atoms with E-state index in [2.05, 4.69) is 14.8 Å². The number of β-amino-alcohol motifs (C(OH)–C–C–N with tert-alkyl or cyclic N) is 1. The van der Waals surface area contributed by atoms with Crippen LogP contribution in [0.25, 0.3) is 0 Å². The number of hydrogen-bond acceptors (Lipinski definition) is 5. The summed E-state index contributed by atoms with van der Waals surface area (Å²) >= 11 is 0. The molecule has 2 heterocycles. The number of aliphatic hydroxyl groups is 1. The maximum absolute atomic E-state index is 9.51. The second-order valence-electron chi connectivity index (χ2n) is 6.36. The van der Waals surface area contributed by atoms with Crippen LogP contribution in [-0.2, 0) is 12.8 Å². The zero-order chi connectivity index (χ0) is 14.8. The van der Waals surface area contributed by atoms with Gasteiger partial charge in [0, 0.05) is 44.0 Å². The summed E-state index contributed by atoms with van der Waals surface area (Å²) in [7, 11) is 0. The molecule has 3 rings (SSSR count). The first-order valence-corrected chi connectivity index (χ1v) is 8.15. The van der Waals surface area contributed by atoms with E-state index in [0.717, 1.165) is 51.4 Å². The molecule has 1 fully saturated rings. The van der Waals surface area contributed by atoms with Gasteiger partial charge in [0.25, 0.3) is 0 Å². The number of aromatic nitrogens is 2. The molecule has 1 aromatic rings. The first kappa shape index (κ1) is 14.7. The number of piperazine rings is 1. The zero-order valence-corrected chi connectivity index (χ0v) is 13.2. The Morgan fingerprint density at radius 2 is 1.81 bits per heavy atom. The van der Waals surface area contributed by atoms with Gasteiger partial charge in [0.15, 0.2) is 0 Å². The summed E-state index contributed by atoms with van der Waals surface area (Å²) in [5, 5.41) is 9.51. The summed E-state index contributed by atoms with van der Waals surface area (Å²) in [5.74, 6) is 2.07. The molecule has 0 unspecified atom stereocenters. The van der Waals surface area contributed by atoms with Gasteiger partial charge in [-0.3, -0.25) is 4.90 Å². The van der Waals surface area contributed by atoms with E-state index in [4.69, 9.17) is 4.98 Å². The van der Waals surface area contributed by atoms with Crippen LogP contribution in [-0.4, -0.2) is 58.8 Å². The number of hydrogen-bond donors (Lipinski definition) is 1. The molecular weight excluding hydrogens is 264 g/mol. The standard InChI is InChI=1S/C16H26N4O/c1-12(21)11-19-7-9-20(10-8-19)16-14-5-3-4-6-15(14)17-13(2)18-16/h12,21H,3-11H2,1-2H3/t12-/m1/s1. The van der Waals surface area contributed by atoms with Crippen molar-refractivity contribution in [3.8, 4) is 0 Å². The van der Waals surface area contributed by atoms with E-state index in [-0.39, 0.29) is 6.10 Å². The van der Waals surface area contributed by atoms with E-state index < -0.39 is 0 Å². The molecule has 5 heteroatoms. The van der Waals surface area contributed by atoms with E-state index in [1.807, 2.05) is 13.8 Å². The smallest absolute Gasteiger partial charge is 0.135 e. The number of fused-ring (bicyclic) bond motifs is 1. The number of anilines is 1. The molecule has 1 aliphatic heterocycles. The first-order valence-electron chi connectivity index (χ1n) is 8.15. The minimum Gasteiger partial charge on any atom is -0.392 e. The second-order valence-corrected chi connectivity index (χ2v) is 6.36. The Hall–Kier alpha value is -1.20. The summed E-state index contributed by atoms with van der Waals surface area (Å²) in [6.07, 6.45) is 4.50. The van der Waals surface area contributed by atoms with Gasteiger partial charge in [-0.15, -0.1) is 0 Å². The topological polar surface area (TPSA) is 52.5 Å². The molecule has 1 aliphatic carbocycles. The van der Waals surface area contributed by atoms with Crippen molar-refractivity contribution in [2.75, 3.05) is 37.6 Å². The summed E-state index contributed by atoms with van der Waals surface area (Å²) in [6, 6.07) is 0. The van der Waals surface area contributed by atoms with Gasteiger partial charge >= 0.3 is 0 Å². The Morgan fingerprint density at radius 1 is 1.10 bits per heavy atom. The van der Waals surface area contributed by atoms with Crippen molar-refractivity contribution >= 4 is 5.82 Å². The molecule has 1 atom stereocenters. The average Bonchev–Trinajstić information content (AvgIpc) is 2.46. The maximum atomic E-state index is 9.51. The molecule has 0 radical (unpaired) electrons. The largest absolute Gasteiger partial charge is 0.392 e. The predicted octanol–water partition coefficient (Wildman–Crippen LogP) is 1.17. The van der Waals surface area contributed by atoms with Gasteiger partial charge in [-0.25, -0.2) is 9.97 Å². The van der Waals surface area contributed by atoms with E-state index in [0.29, 0.717) is 0 Å². The molecule has 0 spiro atoms. The van der Waals surface area contributed by atoms with Crippen molar-refractivity contribution in [2.24, 2.45) is 0 Å². The molecule has 1 aromatic heterocycles. The van der Waals surface area contributed by atoms with Gasteiger partial charge in [-0.2, -0.15) is 0 Å². The normalized spacial score (nSPS) is 21.2. The van der Waals surface area contributed by atoms with Crippen LogP contribution in [0, 0.1) is 6.92 Å². The van der Waals surface area contributed by atoms with E-state index >= 15 is 0 Å². The molecule has 116 valence electrons. The van der Waals surface area contributed by atoms with Crippen LogP contribution in [0.3, 0.4) is 0 Å². The second kappa shape index (κ2) is 6.28. The van der Waals surface area contributed by atoms with Crippen LogP contribution < -0.4 is 4.90 Å². The lowest BCUT2D eigenvalue weighted by molar-refractivity contribution is 0.122. The summed E-state index contributed by atoms with van der Waals surface area (Å²) in [4.78, 5) is 14.1. The molecule has 2 aliphatic rings. The Bertz CT molecular complexity index is 495. The lowest BCUT2D eigenvalue weighted by Gasteiger charge is -2.37. The molecule has 0 bridgehead atoms. The van der Waals surface area contributed by atoms with Gasteiger partial charge in [-0.1, -0.05) is 0 Å². The van der Waals surface area contributed by atoms with Gasteiger partial charge < -0.3 is 10.0 Å². The van der Waals surface area contributed by atoms with Gasteiger partial charge in [0.1, 0.15) is 11.6 Å². The highest BCUT2D eigenvalue weighted by molar-refractivity contribution is 5.50. The summed E-state index contributed by atoms with van der Waals surface area (Å²) < 4.78 is 0. The van der Waals surface area contributed by atoms with Crippen molar-refractivity contribution in [3.05, 3.63) is 17.1 Å². The quantitative estimate of drug-likeness (QED) is 0.905. The van der Waals surface area contributed by atoms with Crippen molar-refractivity contribution in [1.29, 1.82) is 0 Å². The van der Waals surface area contributed by atoms with E-state index in [9.17, 15) is 5.11 Å². The number of aliphatic hydroxyl groups excluding tert-OH is 1. The first-order chi connectivity index (χ1) is 10.1. The highest BCUT2D eigenvalue weighted by Gasteiger charge is 2.24. The zero-order valence-electron chi connectivity index (χ0n) is 13.2. The van der Waals surface area contributed by atoms with Gasteiger partial charge in [0.2, 0.25) is 0 Å². The Morgan fingerprint density at radius 3 is 2.52 bits per heavy atom. The van der Waals surface area contributed by atoms with Crippen LogP contribution in [0.1, 0.15) is 36.8 Å². The molecule has 5 nitrogen and oxygen atoms in total. The van der Waals surface area contributed by atoms with Crippen LogP contribution in [0.15, 0.2) is 0 Å². The fourth-order valence-corrected chi connectivity index (χ4v) is 3.47. The molecular formula is C16H26N4O. The van der Waals surface area contributed by atoms with Crippen LogP contribution in [0.5, 0.6) is 0 Å². The molecule has 0 saturated carbocycles. The molecule has 0 aromatic carbocycles. The molecule has 0 amide bonds. The SMILES string of the molecule is Cc1nc2c(c(N3CCN(C[C@@H](C)O)CC3)n1)CCCC2. The molecule has 1 saturated heterocycles. The molecule has 1 N–H and O–H groups in total. The third-order valence-corrected chi connectivity index (χ3v) is 4.47. The minimum atomic E-state index is -0.245. The monoisotopic (exact) mass is 290 g/mol. The Balaban J connectivity index is 1.75. The van der Waals surface area contributed by atoms with E-state index in [1.165, 1.54) is 29.9 Å². The third kappa shape index (κ3) is 3.35. The van der Waals surface area contributed by atoms with Gasteiger partial charge in [-0.05, 0) is 39.5 Å². The van der Waals surface area contributed by atoms with Crippen molar-refractivity contribution < 1.29 is 5.11 Å². The van der Waals surface area contributed by atoms with Crippen molar-refractivity contribution in [1.82, 2.24) is 14.9 Å². The fourth-order valence-electron chi connectivity index (χ4n) is 3.47. The van der Waals surface area contributed by atoms with Crippen LogP contribution in [0.4, 0.5) is 5.82 Å². The van der Waals surface area contributed by atoms with Gasteiger partial charge in [0.05, 0.1) is 6.10 Å². The fraction of sp³-hybridized carbons (Fsp3) is 0.750. The lowest BCUT2D eigenvalue weighted by atomic mass is 9.96. The highest BCUT2D eigenvalue weighted by Crippen LogP contribution is 2.28. The highest BCUT2D eigenvalue weighted by atomic mass is 16.3. The average molecular weight is 290 g/mol. The minimum absolute atomic E-state index is 0.245. The third-order valence-electron chi connectivity index (χ3n) is 4.47.